The first-order valence-corrected chi connectivity index (χ1v) is 12.1. The summed E-state index contributed by atoms with van der Waals surface area (Å²) >= 11 is 2.43. The number of benzene rings is 1. The second-order valence-electron chi connectivity index (χ2n) is 8.84. The molecule has 0 radical (unpaired) electrons. The molecule has 3 aromatic rings. The molecule has 9 nitrogen and oxygen atoms in total. The molecule has 2 heterocycles. The Morgan fingerprint density at radius 1 is 1.15 bits per heavy atom. The molecule has 2 aromatic heterocycles. The highest BCUT2D eigenvalue weighted by Crippen LogP contribution is 2.30. The van der Waals surface area contributed by atoms with Crippen LogP contribution in [0.15, 0.2) is 39.5 Å². The molecule has 0 saturated carbocycles. The zero-order valence-corrected chi connectivity index (χ0v) is 21.1. The zero-order chi connectivity index (χ0) is 24.3. The number of aromatic nitrogens is 4. The molecule has 0 aliphatic rings. The highest BCUT2D eigenvalue weighted by molar-refractivity contribution is 8.02. The van der Waals surface area contributed by atoms with Crippen molar-refractivity contribution in [2.45, 2.75) is 50.6 Å². The second kappa shape index (κ2) is 9.92. The lowest BCUT2D eigenvalue weighted by Crippen LogP contribution is -2.27. The van der Waals surface area contributed by atoms with Crippen LogP contribution in [-0.2, 0) is 16.6 Å². The maximum atomic E-state index is 13.0. The van der Waals surface area contributed by atoms with E-state index in [1.165, 1.54) is 27.8 Å². The molecule has 2 amide bonds. The fraction of sp³-hybridized carbons (Fsp3) is 0.409. The zero-order valence-electron chi connectivity index (χ0n) is 19.5. The van der Waals surface area contributed by atoms with E-state index < -0.39 is 5.25 Å². The van der Waals surface area contributed by atoms with Crippen molar-refractivity contribution in [2.75, 3.05) is 10.6 Å². The Balaban J connectivity index is 1.67. The van der Waals surface area contributed by atoms with E-state index in [1.807, 2.05) is 51.1 Å². The van der Waals surface area contributed by atoms with Gasteiger partial charge >= 0.3 is 0 Å². The molecule has 3 rings (SSSR count). The molecule has 0 spiro atoms. The van der Waals surface area contributed by atoms with Gasteiger partial charge < -0.3 is 10.6 Å². The van der Waals surface area contributed by atoms with Gasteiger partial charge in [-0.15, -0.1) is 10.2 Å². The van der Waals surface area contributed by atoms with Crippen molar-refractivity contribution in [1.29, 1.82) is 0 Å². The second-order valence-corrected chi connectivity index (χ2v) is 11.4. The van der Waals surface area contributed by atoms with Crippen molar-refractivity contribution >= 4 is 45.7 Å². The summed E-state index contributed by atoms with van der Waals surface area (Å²) in [5.74, 6) is -0.449. The van der Waals surface area contributed by atoms with Crippen LogP contribution in [0.2, 0.25) is 0 Å². The fourth-order valence-electron chi connectivity index (χ4n) is 3.09. The van der Waals surface area contributed by atoms with E-state index in [2.05, 4.69) is 20.8 Å². The van der Waals surface area contributed by atoms with Gasteiger partial charge in [0.25, 0.3) is 5.56 Å². The Bertz CT molecular complexity index is 1210. The van der Waals surface area contributed by atoms with Crippen LogP contribution in [-0.4, -0.2) is 36.6 Å². The number of hydrogen-bond donors (Lipinski definition) is 2. The van der Waals surface area contributed by atoms with Crippen molar-refractivity contribution in [3.05, 3.63) is 46.4 Å². The third-order valence-electron chi connectivity index (χ3n) is 4.79. The van der Waals surface area contributed by atoms with Gasteiger partial charge in [-0.25, -0.2) is 4.68 Å². The van der Waals surface area contributed by atoms with Crippen molar-refractivity contribution in [3.63, 3.8) is 0 Å². The van der Waals surface area contributed by atoms with Gasteiger partial charge in [0, 0.05) is 13.5 Å². The van der Waals surface area contributed by atoms with Crippen LogP contribution in [0.3, 0.4) is 0 Å². The first-order chi connectivity index (χ1) is 15.5. The monoisotopic (exact) mass is 488 g/mol. The largest absolute Gasteiger partial charge is 0.319 e. The third kappa shape index (κ3) is 6.11. The van der Waals surface area contributed by atoms with E-state index in [0.29, 0.717) is 27.3 Å². The summed E-state index contributed by atoms with van der Waals surface area (Å²) in [5.41, 5.74) is 1.17. The molecule has 0 aliphatic heterocycles. The molecule has 0 fully saturated rings. The Labute approximate surface area is 200 Å². The summed E-state index contributed by atoms with van der Waals surface area (Å²) in [5, 5.41) is 13.4. The quantitative estimate of drug-likeness (QED) is 0.386. The summed E-state index contributed by atoms with van der Waals surface area (Å²) in [7, 11) is 1.77. The van der Waals surface area contributed by atoms with Crippen LogP contribution in [0.25, 0.3) is 5.69 Å². The fourth-order valence-corrected chi connectivity index (χ4v) is 5.01. The van der Waals surface area contributed by atoms with E-state index in [9.17, 15) is 14.4 Å². The molecule has 0 saturated heterocycles. The summed E-state index contributed by atoms with van der Waals surface area (Å²) in [6.45, 7) is 9.46. The SMILES string of the molecule is Cc1c(NC(=O)C(C)Sc2nnc(NC(=O)CC(C)(C)C)s2)c(=O)n(-c2ccccc2)n1C. The van der Waals surface area contributed by atoms with Gasteiger partial charge in [-0.3, -0.25) is 19.1 Å². The predicted octanol–water partition coefficient (Wildman–Crippen LogP) is 3.83. The molecule has 176 valence electrons. The number of nitrogens with one attached hydrogen (secondary N) is 2. The van der Waals surface area contributed by atoms with Crippen LogP contribution in [0.4, 0.5) is 10.8 Å². The van der Waals surface area contributed by atoms with Gasteiger partial charge in [0.2, 0.25) is 16.9 Å². The minimum Gasteiger partial charge on any atom is -0.319 e. The van der Waals surface area contributed by atoms with E-state index in [1.54, 1.807) is 25.6 Å². The highest BCUT2D eigenvalue weighted by atomic mass is 32.2. The van der Waals surface area contributed by atoms with E-state index >= 15 is 0 Å². The van der Waals surface area contributed by atoms with Crippen molar-refractivity contribution in [3.8, 4) is 5.69 Å². The Hall–Kier alpha value is -2.92. The molecule has 11 heteroatoms. The van der Waals surface area contributed by atoms with E-state index in [4.69, 9.17) is 0 Å². The van der Waals surface area contributed by atoms with Crippen molar-refractivity contribution in [1.82, 2.24) is 19.6 Å². The van der Waals surface area contributed by atoms with Crippen LogP contribution in [0.5, 0.6) is 0 Å². The number of hydrogen-bond acceptors (Lipinski definition) is 7. The Morgan fingerprint density at radius 2 is 1.82 bits per heavy atom. The van der Waals surface area contributed by atoms with Crippen molar-refractivity contribution < 1.29 is 9.59 Å². The third-order valence-corrected chi connectivity index (χ3v) is 6.82. The number of rotatable bonds is 7. The number of amides is 2. The molecular weight excluding hydrogens is 460 g/mol. The first kappa shape index (κ1) is 24.7. The number of para-hydroxylation sites is 1. The van der Waals surface area contributed by atoms with Gasteiger partial charge in [0.05, 0.1) is 16.6 Å². The first-order valence-electron chi connectivity index (χ1n) is 10.4. The minimum atomic E-state index is -0.528. The smallest absolute Gasteiger partial charge is 0.295 e. The Kier molecular flexibility index (Phi) is 7.43. The Morgan fingerprint density at radius 3 is 2.45 bits per heavy atom. The molecule has 33 heavy (non-hydrogen) atoms. The topological polar surface area (TPSA) is 111 Å². The van der Waals surface area contributed by atoms with Gasteiger partial charge in [-0.2, -0.15) is 0 Å². The molecule has 2 N–H and O–H groups in total. The van der Waals surface area contributed by atoms with Gasteiger partial charge in [-0.05, 0) is 31.4 Å². The predicted molar refractivity (Wildman–Crippen MR) is 132 cm³/mol. The maximum Gasteiger partial charge on any atom is 0.295 e. The molecule has 1 atom stereocenters. The van der Waals surface area contributed by atoms with Crippen LogP contribution < -0.4 is 16.2 Å². The summed E-state index contributed by atoms with van der Waals surface area (Å²) < 4.78 is 3.78. The van der Waals surface area contributed by atoms with Crippen molar-refractivity contribution in [2.24, 2.45) is 12.5 Å². The highest BCUT2D eigenvalue weighted by Gasteiger charge is 2.23. The molecule has 1 aromatic carbocycles. The lowest BCUT2D eigenvalue weighted by Gasteiger charge is -2.16. The molecule has 1 unspecified atom stereocenters. The molecule has 0 aliphatic carbocycles. The average molecular weight is 489 g/mol. The lowest BCUT2D eigenvalue weighted by atomic mass is 9.92. The number of carbonyl (C=O) groups excluding carboxylic acids is 2. The van der Waals surface area contributed by atoms with E-state index in [-0.39, 0.29) is 28.5 Å². The number of carbonyl (C=O) groups is 2. The van der Waals surface area contributed by atoms with Gasteiger partial charge in [-0.1, -0.05) is 62.1 Å². The molecular formula is C22H28N6O3S2. The average Bonchev–Trinajstić information content (AvgIpc) is 3.24. The van der Waals surface area contributed by atoms with Crippen LogP contribution in [0.1, 0.15) is 39.8 Å². The van der Waals surface area contributed by atoms with Crippen LogP contribution in [0, 0.1) is 12.3 Å². The number of nitrogens with zero attached hydrogens (tertiary/aromatic N) is 4. The summed E-state index contributed by atoms with van der Waals surface area (Å²) in [4.78, 5) is 37.9. The maximum absolute atomic E-state index is 13.0. The van der Waals surface area contributed by atoms with Gasteiger partial charge in [0.15, 0.2) is 4.34 Å². The summed E-state index contributed by atoms with van der Waals surface area (Å²) in [6.07, 6.45) is 0.366. The number of thioether (sulfide) groups is 1. The minimum absolute atomic E-state index is 0.129. The van der Waals surface area contributed by atoms with Crippen LogP contribution >= 0.6 is 23.1 Å². The molecule has 0 bridgehead atoms. The standard InChI is InChI=1S/C22H28N6O3S2/c1-13-17(19(31)28(27(13)6)15-10-8-7-9-11-15)24-18(30)14(2)32-21-26-25-20(33-21)23-16(29)12-22(3,4)5/h7-11,14H,12H2,1-6H3,(H,24,30)(H,23,25,29). The lowest BCUT2D eigenvalue weighted by molar-refractivity contribution is -0.118. The number of anilines is 2. The normalized spacial score (nSPS) is 12.4. The van der Waals surface area contributed by atoms with Gasteiger partial charge in [0.1, 0.15) is 5.69 Å². The van der Waals surface area contributed by atoms with E-state index in [0.717, 1.165) is 0 Å². The summed E-state index contributed by atoms with van der Waals surface area (Å²) in [6, 6.07) is 9.24.